The van der Waals surface area contributed by atoms with Gasteiger partial charge < -0.3 is 20.1 Å². The minimum absolute atomic E-state index is 0.215. The number of rotatable bonds is 8. The quantitative estimate of drug-likeness (QED) is 0.263. The maximum absolute atomic E-state index is 12.3. The molecule has 35 heavy (non-hydrogen) atoms. The topological polar surface area (TPSA) is 118 Å². The summed E-state index contributed by atoms with van der Waals surface area (Å²) in [5.74, 6) is -1.22. The Balaban J connectivity index is 1.54. The van der Waals surface area contributed by atoms with Crippen molar-refractivity contribution in [2.75, 3.05) is 24.4 Å². The Morgan fingerprint density at radius 1 is 0.857 bits per heavy atom. The molecule has 0 radical (unpaired) electrons. The van der Waals surface area contributed by atoms with Crippen LogP contribution in [0.15, 0.2) is 71.8 Å². The lowest BCUT2D eigenvalue weighted by atomic mass is 10.1. The molecule has 0 heterocycles. The lowest BCUT2D eigenvalue weighted by Crippen LogP contribution is -2.32. The fourth-order valence-corrected chi connectivity index (χ4v) is 3.21. The fourth-order valence-electron chi connectivity index (χ4n) is 3.21. The first kappa shape index (κ1) is 25.0. The van der Waals surface area contributed by atoms with Gasteiger partial charge in [0.25, 0.3) is 5.91 Å². The Hall–Kier alpha value is -4.66. The van der Waals surface area contributed by atoms with E-state index in [-0.39, 0.29) is 12.5 Å². The number of hydrogen-bond donors (Lipinski definition) is 3. The second-order valence-corrected chi connectivity index (χ2v) is 7.64. The standard InChI is InChI=1S/C26H26N4O5/c1-17-11-18(2)13-21(12-17)28-24(31)16-35-23-10-5-4-7-19(23)15-27-30-26(33)25(32)29-20-8-6-9-22(14-20)34-3/h4-15H,16H2,1-3H3,(H,28,31)(H,29,32)(H,30,33)/b27-15-. The van der Waals surface area contributed by atoms with Crippen LogP contribution in [0.4, 0.5) is 11.4 Å². The number of hydrazone groups is 1. The number of ether oxygens (including phenoxy) is 2. The Morgan fingerprint density at radius 2 is 1.60 bits per heavy atom. The molecule has 0 aliphatic carbocycles. The lowest BCUT2D eigenvalue weighted by Gasteiger charge is -2.10. The molecule has 3 amide bonds. The molecule has 0 aliphatic rings. The van der Waals surface area contributed by atoms with Gasteiger partial charge in [0.2, 0.25) is 0 Å². The van der Waals surface area contributed by atoms with E-state index in [2.05, 4.69) is 21.2 Å². The highest BCUT2D eigenvalue weighted by Crippen LogP contribution is 2.18. The van der Waals surface area contributed by atoms with Crippen molar-refractivity contribution in [3.8, 4) is 11.5 Å². The first-order valence-corrected chi connectivity index (χ1v) is 10.7. The minimum atomic E-state index is -0.949. The third-order valence-corrected chi connectivity index (χ3v) is 4.69. The van der Waals surface area contributed by atoms with Crippen LogP contribution in [0.25, 0.3) is 0 Å². The normalized spacial score (nSPS) is 10.5. The largest absolute Gasteiger partial charge is 0.497 e. The number of para-hydroxylation sites is 1. The summed E-state index contributed by atoms with van der Waals surface area (Å²) in [6, 6.07) is 19.2. The van der Waals surface area contributed by atoms with Crippen LogP contribution in [-0.4, -0.2) is 37.7 Å². The van der Waals surface area contributed by atoms with Crippen LogP contribution < -0.4 is 25.5 Å². The molecule has 0 saturated carbocycles. The van der Waals surface area contributed by atoms with Crippen LogP contribution in [0.2, 0.25) is 0 Å². The monoisotopic (exact) mass is 474 g/mol. The predicted octanol–water partition coefficient (Wildman–Crippen LogP) is 3.42. The molecule has 0 fully saturated rings. The first-order chi connectivity index (χ1) is 16.8. The van der Waals surface area contributed by atoms with Gasteiger partial charge in [-0.3, -0.25) is 14.4 Å². The van der Waals surface area contributed by atoms with Crippen molar-refractivity contribution in [3.05, 3.63) is 83.4 Å². The van der Waals surface area contributed by atoms with Gasteiger partial charge in [-0.2, -0.15) is 5.10 Å². The molecule has 0 aromatic heterocycles. The van der Waals surface area contributed by atoms with Crippen molar-refractivity contribution < 1.29 is 23.9 Å². The second kappa shape index (κ2) is 12.0. The first-order valence-electron chi connectivity index (χ1n) is 10.7. The number of carbonyl (C=O) groups excluding carboxylic acids is 3. The lowest BCUT2D eigenvalue weighted by molar-refractivity contribution is -0.136. The summed E-state index contributed by atoms with van der Waals surface area (Å²) in [6.07, 6.45) is 1.33. The third kappa shape index (κ3) is 7.71. The van der Waals surface area contributed by atoms with Gasteiger partial charge in [0.1, 0.15) is 11.5 Å². The third-order valence-electron chi connectivity index (χ3n) is 4.69. The zero-order valence-corrected chi connectivity index (χ0v) is 19.6. The number of methoxy groups -OCH3 is 1. The molecule has 0 bridgehead atoms. The molecule has 0 aliphatic heterocycles. The van der Waals surface area contributed by atoms with E-state index in [0.29, 0.717) is 28.4 Å². The van der Waals surface area contributed by atoms with E-state index in [9.17, 15) is 14.4 Å². The van der Waals surface area contributed by atoms with E-state index < -0.39 is 11.8 Å². The molecular formula is C26H26N4O5. The van der Waals surface area contributed by atoms with Crippen LogP contribution in [-0.2, 0) is 14.4 Å². The van der Waals surface area contributed by atoms with E-state index in [1.165, 1.54) is 13.3 Å². The number of nitrogens with one attached hydrogen (secondary N) is 3. The van der Waals surface area contributed by atoms with Gasteiger partial charge in [0.05, 0.1) is 13.3 Å². The van der Waals surface area contributed by atoms with Gasteiger partial charge in [-0.1, -0.05) is 24.3 Å². The van der Waals surface area contributed by atoms with E-state index in [1.807, 2.05) is 32.0 Å². The second-order valence-electron chi connectivity index (χ2n) is 7.64. The van der Waals surface area contributed by atoms with Crippen LogP contribution in [0.1, 0.15) is 16.7 Å². The van der Waals surface area contributed by atoms with Gasteiger partial charge in [-0.25, -0.2) is 5.43 Å². The van der Waals surface area contributed by atoms with E-state index >= 15 is 0 Å². The summed E-state index contributed by atoms with van der Waals surface area (Å²) in [5, 5.41) is 9.09. The summed E-state index contributed by atoms with van der Waals surface area (Å²) in [7, 11) is 1.50. The van der Waals surface area contributed by atoms with Gasteiger partial charge in [-0.15, -0.1) is 0 Å². The van der Waals surface area contributed by atoms with Crippen molar-refractivity contribution in [2.45, 2.75) is 13.8 Å². The van der Waals surface area contributed by atoms with Crippen molar-refractivity contribution in [3.63, 3.8) is 0 Å². The average molecular weight is 475 g/mol. The summed E-state index contributed by atoms with van der Waals surface area (Å²) < 4.78 is 10.7. The number of amides is 3. The number of nitrogens with zero attached hydrogens (tertiary/aromatic N) is 1. The van der Waals surface area contributed by atoms with Gasteiger partial charge in [0.15, 0.2) is 6.61 Å². The Labute approximate surface area is 203 Å². The summed E-state index contributed by atoms with van der Waals surface area (Å²) in [6.45, 7) is 3.69. The number of carbonyl (C=O) groups is 3. The highest BCUT2D eigenvalue weighted by molar-refractivity contribution is 6.39. The molecule has 9 nitrogen and oxygen atoms in total. The van der Waals surface area contributed by atoms with Gasteiger partial charge >= 0.3 is 11.8 Å². The smallest absolute Gasteiger partial charge is 0.329 e. The maximum Gasteiger partial charge on any atom is 0.329 e. The Morgan fingerprint density at radius 3 is 2.34 bits per heavy atom. The van der Waals surface area contributed by atoms with Crippen molar-refractivity contribution in [1.82, 2.24) is 5.43 Å². The summed E-state index contributed by atoms with van der Waals surface area (Å²) in [4.78, 5) is 36.5. The zero-order valence-electron chi connectivity index (χ0n) is 19.6. The van der Waals surface area contributed by atoms with Crippen LogP contribution in [0, 0.1) is 13.8 Å². The van der Waals surface area contributed by atoms with Crippen molar-refractivity contribution >= 4 is 35.3 Å². The van der Waals surface area contributed by atoms with Crippen LogP contribution >= 0.6 is 0 Å². The SMILES string of the molecule is COc1cccc(NC(=O)C(=O)N/N=C\c2ccccc2OCC(=O)Nc2cc(C)cc(C)c2)c1. The highest BCUT2D eigenvalue weighted by Gasteiger charge is 2.13. The average Bonchev–Trinajstić information content (AvgIpc) is 2.82. The van der Waals surface area contributed by atoms with Crippen molar-refractivity contribution in [2.24, 2.45) is 5.10 Å². The molecule has 3 aromatic carbocycles. The molecule has 3 N–H and O–H groups in total. The number of benzene rings is 3. The maximum atomic E-state index is 12.3. The summed E-state index contributed by atoms with van der Waals surface area (Å²) in [5.41, 5.74) is 5.87. The molecular weight excluding hydrogens is 448 g/mol. The molecule has 0 spiro atoms. The van der Waals surface area contributed by atoms with Crippen molar-refractivity contribution in [1.29, 1.82) is 0 Å². The van der Waals surface area contributed by atoms with E-state index in [1.54, 1.807) is 48.5 Å². The van der Waals surface area contributed by atoms with Crippen LogP contribution in [0.5, 0.6) is 11.5 Å². The Bertz CT molecular complexity index is 1240. The predicted molar refractivity (Wildman–Crippen MR) is 134 cm³/mol. The number of anilines is 2. The fraction of sp³-hybridized carbons (Fsp3) is 0.154. The van der Waals surface area contributed by atoms with Gasteiger partial charge in [0, 0.05) is 23.0 Å². The van der Waals surface area contributed by atoms with E-state index in [4.69, 9.17) is 9.47 Å². The molecule has 3 aromatic rings. The molecule has 180 valence electrons. The number of hydrogen-bond acceptors (Lipinski definition) is 6. The number of aryl methyl sites for hydroxylation is 2. The van der Waals surface area contributed by atoms with E-state index in [0.717, 1.165) is 11.1 Å². The Kier molecular flexibility index (Phi) is 8.55. The molecule has 0 atom stereocenters. The molecule has 9 heteroatoms. The van der Waals surface area contributed by atoms with Gasteiger partial charge in [-0.05, 0) is 61.4 Å². The molecule has 3 rings (SSSR count). The summed E-state index contributed by atoms with van der Waals surface area (Å²) >= 11 is 0. The van der Waals surface area contributed by atoms with Crippen LogP contribution in [0.3, 0.4) is 0 Å². The molecule has 0 unspecified atom stereocenters. The minimum Gasteiger partial charge on any atom is -0.497 e. The highest BCUT2D eigenvalue weighted by atomic mass is 16.5. The molecule has 0 saturated heterocycles. The zero-order chi connectivity index (χ0) is 25.2.